The van der Waals surface area contributed by atoms with Crippen LogP contribution >= 0.6 is 0 Å². The van der Waals surface area contributed by atoms with Crippen molar-refractivity contribution in [2.45, 2.75) is 64.5 Å². The molecule has 1 saturated carbocycles. The van der Waals surface area contributed by atoms with Crippen LogP contribution in [0.15, 0.2) is 0 Å². The minimum absolute atomic E-state index is 0.132. The van der Waals surface area contributed by atoms with Crippen molar-refractivity contribution in [2.24, 2.45) is 0 Å². The first kappa shape index (κ1) is 15.0. The van der Waals surface area contributed by atoms with Gasteiger partial charge >= 0.3 is 5.97 Å². The van der Waals surface area contributed by atoms with Crippen LogP contribution in [0, 0.1) is 0 Å². The normalized spacial score (nSPS) is 26.1. The van der Waals surface area contributed by atoms with Gasteiger partial charge in [0.1, 0.15) is 11.4 Å². The van der Waals surface area contributed by atoms with Gasteiger partial charge in [-0.3, -0.25) is 4.79 Å². The molecule has 1 heterocycles. The summed E-state index contributed by atoms with van der Waals surface area (Å²) in [5.41, 5.74) is -0.803. The first-order valence-electron chi connectivity index (χ1n) is 7.49. The summed E-state index contributed by atoms with van der Waals surface area (Å²) in [5.74, 6) is 1.05. The third kappa shape index (κ3) is 2.57. The molecule has 0 radical (unpaired) electrons. The predicted octanol–water partition coefficient (Wildman–Crippen LogP) is 1.56. The van der Waals surface area contributed by atoms with Crippen molar-refractivity contribution >= 4 is 5.97 Å². The van der Waals surface area contributed by atoms with E-state index in [1.807, 2.05) is 18.5 Å². The topological polar surface area (TPSA) is 80.0 Å². The first-order valence-corrected chi connectivity index (χ1v) is 7.49. The number of likely N-dealkylation sites (N-methyl/N-ethyl adjacent to an activating group) is 1. The summed E-state index contributed by atoms with van der Waals surface area (Å²) in [4.78, 5) is 16.1. The fourth-order valence-corrected chi connectivity index (χ4v) is 3.08. The number of aryl methyl sites for hydroxylation is 2. The Morgan fingerprint density at radius 1 is 1.45 bits per heavy atom. The second-order valence-corrected chi connectivity index (χ2v) is 5.41. The Labute approximate surface area is 119 Å². The van der Waals surface area contributed by atoms with E-state index in [2.05, 4.69) is 22.3 Å². The van der Waals surface area contributed by atoms with E-state index in [-0.39, 0.29) is 6.04 Å². The smallest absolute Gasteiger partial charge is 0.323 e. The van der Waals surface area contributed by atoms with Gasteiger partial charge in [-0.1, -0.05) is 20.8 Å². The van der Waals surface area contributed by atoms with Crippen LogP contribution in [0.4, 0.5) is 0 Å². The summed E-state index contributed by atoms with van der Waals surface area (Å²) in [7, 11) is 0. The molecule has 0 bridgehead atoms. The largest absolute Gasteiger partial charge is 0.480 e. The molecule has 1 aromatic rings. The Morgan fingerprint density at radius 3 is 2.75 bits per heavy atom. The average Bonchev–Trinajstić information content (AvgIpc) is 3.03. The molecule has 20 heavy (non-hydrogen) atoms. The Balaban J connectivity index is 2.23. The van der Waals surface area contributed by atoms with Gasteiger partial charge in [-0.25, -0.2) is 9.67 Å². The Kier molecular flexibility index (Phi) is 4.42. The number of carboxylic acid groups (broad SMARTS) is 1. The van der Waals surface area contributed by atoms with Crippen LogP contribution in [-0.2, 0) is 17.6 Å². The quantitative estimate of drug-likeness (QED) is 0.826. The molecular formula is C14H24N4O2. The summed E-state index contributed by atoms with van der Waals surface area (Å²) in [6.45, 7) is 6.70. The SMILES string of the molecule is CCNC1(C(=O)O)CCC(n2nc(CC)nc2CC)C1. The predicted molar refractivity (Wildman–Crippen MR) is 75.7 cm³/mol. The molecule has 2 N–H and O–H groups in total. The van der Waals surface area contributed by atoms with Gasteiger partial charge in [0.2, 0.25) is 0 Å². The van der Waals surface area contributed by atoms with Crippen LogP contribution in [0.2, 0.25) is 0 Å². The second kappa shape index (κ2) is 5.91. The molecule has 0 saturated heterocycles. The molecule has 0 amide bonds. The number of nitrogens with zero attached hydrogens (tertiary/aromatic N) is 3. The van der Waals surface area contributed by atoms with E-state index in [1.165, 1.54) is 0 Å². The number of hydrogen-bond acceptors (Lipinski definition) is 4. The molecule has 1 aliphatic carbocycles. The molecule has 1 aliphatic rings. The highest BCUT2D eigenvalue weighted by molar-refractivity contribution is 5.79. The second-order valence-electron chi connectivity index (χ2n) is 5.41. The number of aliphatic carboxylic acids is 1. The lowest BCUT2D eigenvalue weighted by atomic mass is 9.97. The number of carbonyl (C=O) groups is 1. The van der Waals surface area contributed by atoms with Crippen LogP contribution in [0.1, 0.15) is 57.7 Å². The summed E-state index contributed by atoms with van der Waals surface area (Å²) < 4.78 is 1.96. The molecule has 112 valence electrons. The molecule has 0 aromatic carbocycles. The maximum atomic E-state index is 11.6. The van der Waals surface area contributed by atoms with Gasteiger partial charge in [0, 0.05) is 12.8 Å². The molecule has 6 nitrogen and oxygen atoms in total. The third-order valence-electron chi connectivity index (χ3n) is 4.14. The Bertz CT molecular complexity index is 486. The number of hydrogen-bond donors (Lipinski definition) is 2. The van der Waals surface area contributed by atoms with E-state index in [0.717, 1.165) is 30.9 Å². The molecular weight excluding hydrogens is 256 g/mol. The maximum Gasteiger partial charge on any atom is 0.323 e. The van der Waals surface area contributed by atoms with Crippen molar-refractivity contribution in [2.75, 3.05) is 6.54 Å². The summed E-state index contributed by atoms with van der Waals surface area (Å²) in [6, 6.07) is 0.132. The lowest BCUT2D eigenvalue weighted by molar-refractivity contribution is -0.144. The zero-order chi connectivity index (χ0) is 14.8. The number of rotatable bonds is 6. The third-order valence-corrected chi connectivity index (χ3v) is 4.14. The van der Waals surface area contributed by atoms with Gasteiger partial charge < -0.3 is 10.4 Å². The van der Waals surface area contributed by atoms with Gasteiger partial charge in [-0.05, 0) is 25.8 Å². The van der Waals surface area contributed by atoms with Gasteiger partial charge in [0.15, 0.2) is 5.82 Å². The van der Waals surface area contributed by atoms with E-state index < -0.39 is 11.5 Å². The minimum Gasteiger partial charge on any atom is -0.480 e. The molecule has 0 aliphatic heterocycles. The summed E-state index contributed by atoms with van der Waals surface area (Å²) in [5, 5.41) is 17.2. The molecule has 0 spiro atoms. The highest BCUT2D eigenvalue weighted by Crippen LogP contribution is 2.38. The van der Waals surface area contributed by atoms with Crippen LogP contribution < -0.4 is 5.32 Å². The van der Waals surface area contributed by atoms with Gasteiger partial charge in [0.25, 0.3) is 0 Å². The molecule has 2 rings (SSSR count). The van der Waals surface area contributed by atoms with E-state index in [9.17, 15) is 9.90 Å². The van der Waals surface area contributed by atoms with Crippen molar-refractivity contribution in [1.82, 2.24) is 20.1 Å². The van der Waals surface area contributed by atoms with Crippen molar-refractivity contribution in [3.63, 3.8) is 0 Å². The molecule has 2 unspecified atom stereocenters. The van der Waals surface area contributed by atoms with Crippen LogP contribution in [0.5, 0.6) is 0 Å². The highest BCUT2D eigenvalue weighted by atomic mass is 16.4. The van der Waals surface area contributed by atoms with Crippen molar-refractivity contribution in [3.8, 4) is 0 Å². The van der Waals surface area contributed by atoms with Crippen LogP contribution in [0.3, 0.4) is 0 Å². The van der Waals surface area contributed by atoms with E-state index in [4.69, 9.17) is 0 Å². The van der Waals surface area contributed by atoms with Crippen LogP contribution in [0.25, 0.3) is 0 Å². The van der Waals surface area contributed by atoms with Crippen molar-refractivity contribution in [3.05, 3.63) is 11.6 Å². The lowest BCUT2D eigenvalue weighted by Gasteiger charge is -2.25. The standard InChI is InChI=1S/C14H24N4O2/c1-4-11-16-12(5-2)18(17-11)10-7-8-14(9-10,13(19)20)15-6-3/h10,15H,4-9H2,1-3H3,(H,19,20). The molecule has 1 fully saturated rings. The zero-order valence-corrected chi connectivity index (χ0v) is 12.5. The molecule has 6 heteroatoms. The van der Waals surface area contributed by atoms with E-state index >= 15 is 0 Å². The van der Waals surface area contributed by atoms with Crippen molar-refractivity contribution in [1.29, 1.82) is 0 Å². The molecule has 1 aromatic heterocycles. The van der Waals surface area contributed by atoms with Gasteiger partial charge in [0.05, 0.1) is 6.04 Å². The monoisotopic (exact) mass is 280 g/mol. The minimum atomic E-state index is -0.803. The fourth-order valence-electron chi connectivity index (χ4n) is 3.08. The van der Waals surface area contributed by atoms with Gasteiger partial charge in [-0.2, -0.15) is 5.10 Å². The van der Waals surface area contributed by atoms with Crippen molar-refractivity contribution < 1.29 is 9.90 Å². The fraction of sp³-hybridized carbons (Fsp3) is 0.786. The molecule has 2 atom stereocenters. The van der Waals surface area contributed by atoms with Crippen LogP contribution in [-0.4, -0.2) is 37.9 Å². The van der Waals surface area contributed by atoms with E-state index in [0.29, 0.717) is 19.4 Å². The van der Waals surface area contributed by atoms with Gasteiger partial charge in [-0.15, -0.1) is 0 Å². The van der Waals surface area contributed by atoms with E-state index in [1.54, 1.807) is 0 Å². The Hall–Kier alpha value is -1.43. The summed E-state index contributed by atoms with van der Waals surface area (Å²) in [6.07, 6.45) is 3.69. The first-order chi connectivity index (χ1) is 9.56. The Morgan fingerprint density at radius 2 is 2.20 bits per heavy atom. The number of aromatic nitrogens is 3. The lowest BCUT2D eigenvalue weighted by Crippen LogP contribution is -2.50. The number of nitrogens with one attached hydrogen (secondary N) is 1. The highest BCUT2D eigenvalue weighted by Gasteiger charge is 2.46. The summed E-state index contributed by atoms with van der Waals surface area (Å²) >= 11 is 0. The maximum absolute atomic E-state index is 11.6. The number of carboxylic acids is 1. The average molecular weight is 280 g/mol. The zero-order valence-electron chi connectivity index (χ0n) is 12.5.